The van der Waals surface area contributed by atoms with Crippen LogP contribution in [0.5, 0.6) is 0 Å². The molecule has 0 fully saturated rings. The molecule has 0 aliphatic carbocycles. The van der Waals surface area contributed by atoms with Gasteiger partial charge in [-0.15, -0.1) is 22.7 Å². The molecule has 0 amide bonds. The fraction of sp³-hybridized carbons (Fsp3) is 0.400. The van der Waals surface area contributed by atoms with Gasteiger partial charge >= 0.3 is 0 Å². The summed E-state index contributed by atoms with van der Waals surface area (Å²) in [7, 11) is 0. The van der Waals surface area contributed by atoms with Gasteiger partial charge in [-0.2, -0.15) is 0 Å². The van der Waals surface area contributed by atoms with E-state index in [1.807, 2.05) is 12.1 Å². The van der Waals surface area contributed by atoms with Crippen molar-refractivity contribution in [1.82, 2.24) is 0 Å². The first-order valence-corrected chi connectivity index (χ1v) is 7.96. The number of rotatable bonds is 4. The van der Waals surface area contributed by atoms with E-state index < -0.39 is 0 Å². The molecule has 2 heterocycles. The Morgan fingerprint density at radius 1 is 0.889 bits per heavy atom. The van der Waals surface area contributed by atoms with Crippen LogP contribution in [0.1, 0.15) is 65.2 Å². The van der Waals surface area contributed by atoms with Crippen molar-refractivity contribution < 1.29 is 4.79 Å². The standard InChI is InChI=1S/C15H18OS2/c1-9(2)11-5-13(17-7-11)15(16)14-6-12(8-18-14)10(3)4/h5-10H,1-4H3. The first kappa shape index (κ1) is 13.5. The lowest BCUT2D eigenvalue weighted by molar-refractivity contribution is 0.104. The molecule has 0 bridgehead atoms. The summed E-state index contributed by atoms with van der Waals surface area (Å²) in [6.07, 6.45) is 0. The van der Waals surface area contributed by atoms with Crippen LogP contribution in [0.15, 0.2) is 22.9 Å². The zero-order valence-electron chi connectivity index (χ0n) is 11.2. The summed E-state index contributed by atoms with van der Waals surface area (Å²) in [6.45, 7) is 8.60. The van der Waals surface area contributed by atoms with Crippen LogP contribution in [0.25, 0.3) is 0 Å². The summed E-state index contributed by atoms with van der Waals surface area (Å²) >= 11 is 3.11. The molecule has 0 unspecified atom stereocenters. The van der Waals surface area contributed by atoms with Crippen LogP contribution in [0, 0.1) is 0 Å². The molecule has 0 aliphatic rings. The number of ketones is 1. The quantitative estimate of drug-likeness (QED) is 0.695. The van der Waals surface area contributed by atoms with E-state index in [1.165, 1.54) is 11.1 Å². The Kier molecular flexibility index (Phi) is 4.03. The number of hydrogen-bond acceptors (Lipinski definition) is 3. The molecule has 18 heavy (non-hydrogen) atoms. The molecule has 0 saturated heterocycles. The van der Waals surface area contributed by atoms with Crippen molar-refractivity contribution in [3.8, 4) is 0 Å². The van der Waals surface area contributed by atoms with E-state index in [-0.39, 0.29) is 5.78 Å². The normalized spacial score (nSPS) is 11.4. The lowest BCUT2D eigenvalue weighted by Gasteiger charge is -1.98. The molecule has 0 N–H and O–H groups in total. The minimum absolute atomic E-state index is 0.170. The number of carbonyl (C=O) groups is 1. The minimum Gasteiger partial charge on any atom is -0.287 e. The van der Waals surface area contributed by atoms with Gasteiger partial charge in [-0.05, 0) is 45.9 Å². The third kappa shape index (κ3) is 2.73. The zero-order valence-corrected chi connectivity index (χ0v) is 12.8. The van der Waals surface area contributed by atoms with Gasteiger partial charge in [0.25, 0.3) is 0 Å². The molecular formula is C15H18OS2. The number of hydrogen-bond donors (Lipinski definition) is 0. The van der Waals surface area contributed by atoms with Crippen molar-refractivity contribution in [1.29, 1.82) is 0 Å². The summed E-state index contributed by atoms with van der Waals surface area (Å²) in [5.41, 5.74) is 2.51. The van der Waals surface area contributed by atoms with Gasteiger partial charge in [0.2, 0.25) is 5.78 Å². The smallest absolute Gasteiger partial charge is 0.212 e. The second-order valence-electron chi connectivity index (χ2n) is 5.13. The molecular weight excluding hydrogens is 260 g/mol. The van der Waals surface area contributed by atoms with E-state index in [9.17, 15) is 4.79 Å². The molecule has 3 heteroatoms. The van der Waals surface area contributed by atoms with Crippen LogP contribution in [-0.4, -0.2) is 5.78 Å². The lowest BCUT2D eigenvalue weighted by atomic mass is 10.1. The van der Waals surface area contributed by atoms with Gasteiger partial charge in [-0.25, -0.2) is 0 Å². The highest BCUT2D eigenvalue weighted by molar-refractivity contribution is 7.15. The van der Waals surface area contributed by atoms with E-state index in [2.05, 4.69) is 38.5 Å². The molecule has 2 aromatic rings. The van der Waals surface area contributed by atoms with Crippen LogP contribution < -0.4 is 0 Å². The highest BCUT2D eigenvalue weighted by Crippen LogP contribution is 2.28. The zero-order chi connectivity index (χ0) is 13.3. The minimum atomic E-state index is 0.170. The van der Waals surface area contributed by atoms with Crippen LogP contribution in [0.4, 0.5) is 0 Å². The van der Waals surface area contributed by atoms with Crippen LogP contribution in [0.3, 0.4) is 0 Å². The van der Waals surface area contributed by atoms with Gasteiger partial charge in [0.05, 0.1) is 9.75 Å². The highest BCUT2D eigenvalue weighted by Gasteiger charge is 2.15. The second kappa shape index (κ2) is 5.37. The number of carbonyl (C=O) groups excluding carboxylic acids is 1. The van der Waals surface area contributed by atoms with Gasteiger partial charge in [0, 0.05) is 0 Å². The van der Waals surface area contributed by atoms with E-state index in [1.54, 1.807) is 22.7 Å². The predicted octanol–water partition coefficient (Wildman–Crippen LogP) is 5.29. The summed E-state index contributed by atoms with van der Waals surface area (Å²) in [4.78, 5) is 14.1. The molecule has 0 radical (unpaired) electrons. The predicted molar refractivity (Wildman–Crippen MR) is 80.2 cm³/mol. The summed E-state index contributed by atoms with van der Waals surface area (Å²) < 4.78 is 0. The largest absolute Gasteiger partial charge is 0.287 e. The summed E-state index contributed by atoms with van der Waals surface area (Å²) in [6, 6.07) is 4.07. The maximum absolute atomic E-state index is 12.3. The fourth-order valence-electron chi connectivity index (χ4n) is 1.67. The first-order valence-electron chi connectivity index (χ1n) is 6.20. The van der Waals surface area contributed by atoms with E-state index >= 15 is 0 Å². The maximum Gasteiger partial charge on any atom is 0.212 e. The van der Waals surface area contributed by atoms with Crippen molar-refractivity contribution in [3.63, 3.8) is 0 Å². The molecule has 1 nitrogen and oxygen atoms in total. The second-order valence-corrected chi connectivity index (χ2v) is 6.95. The molecule has 0 aromatic carbocycles. The molecule has 0 aliphatic heterocycles. The van der Waals surface area contributed by atoms with Crippen LogP contribution in [-0.2, 0) is 0 Å². The molecule has 2 rings (SSSR count). The van der Waals surface area contributed by atoms with Crippen molar-refractivity contribution in [2.24, 2.45) is 0 Å². The molecule has 2 aromatic heterocycles. The Morgan fingerprint density at radius 2 is 1.28 bits per heavy atom. The average Bonchev–Trinajstić information content (AvgIpc) is 2.97. The Hall–Kier alpha value is -0.930. The topological polar surface area (TPSA) is 17.1 Å². The Bertz CT molecular complexity index is 498. The number of thiophene rings is 2. The van der Waals surface area contributed by atoms with Gasteiger partial charge in [-0.1, -0.05) is 27.7 Å². The SMILES string of the molecule is CC(C)c1csc(C(=O)c2cc(C(C)C)cs2)c1. The Labute approximate surface area is 116 Å². The van der Waals surface area contributed by atoms with Gasteiger partial charge < -0.3 is 0 Å². The van der Waals surface area contributed by atoms with E-state index in [0.29, 0.717) is 11.8 Å². The first-order chi connectivity index (χ1) is 8.49. The molecule has 0 saturated carbocycles. The van der Waals surface area contributed by atoms with E-state index in [4.69, 9.17) is 0 Å². The molecule has 96 valence electrons. The third-order valence-corrected chi connectivity index (χ3v) is 4.91. The lowest BCUT2D eigenvalue weighted by Crippen LogP contribution is -1.95. The molecule has 0 spiro atoms. The Morgan fingerprint density at radius 3 is 1.56 bits per heavy atom. The Balaban J connectivity index is 2.24. The van der Waals surface area contributed by atoms with Gasteiger partial charge in [0.15, 0.2) is 0 Å². The summed E-state index contributed by atoms with van der Waals surface area (Å²) in [5, 5.41) is 4.18. The van der Waals surface area contributed by atoms with Crippen molar-refractivity contribution >= 4 is 28.5 Å². The van der Waals surface area contributed by atoms with Gasteiger partial charge in [-0.3, -0.25) is 4.79 Å². The van der Waals surface area contributed by atoms with Crippen molar-refractivity contribution in [2.45, 2.75) is 39.5 Å². The monoisotopic (exact) mass is 278 g/mol. The van der Waals surface area contributed by atoms with Crippen LogP contribution >= 0.6 is 22.7 Å². The molecule has 0 atom stereocenters. The fourth-order valence-corrected chi connectivity index (χ4v) is 3.78. The summed E-state index contributed by atoms with van der Waals surface area (Å²) in [5.74, 6) is 1.14. The van der Waals surface area contributed by atoms with Crippen molar-refractivity contribution in [2.75, 3.05) is 0 Å². The third-order valence-electron chi connectivity index (χ3n) is 3.02. The average molecular weight is 278 g/mol. The van der Waals surface area contributed by atoms with Crippen LogP contribution in [0.2, 0.25) is 0 Å². The van der Waals surface area contributed by atoms with Gasteiger partial charge in [0.1, 0.15) is 0 Å². The van der Waals surface area contributed by atoms with Crippen molar-refractivity contribution in [3.05, 3.63) is 43.8 Å². The van der Waals surface area contributed by atoms with E-state index in [0.717, 1.165) is 9.75 Å². The highest BCUT2D eigenvalue weighted by atomic mass is 32.1. The maximum atomic E-state index is 12.3.